The molecule has 0 bridgehead atoms. The first kappa shape index (κ1) is 11.9. The van der Waals surface area contributed by atoms with E-state index < -0.39 is 11.4 Å². The van der Waals surface area contributed by atoms with Crippen molar-refractivity contribution in [3.8, 4) is 0 Å². The van der Waals surface area contributed by atoms with Crippen LogP contribution in [-0.4, -0.2) is 23.9 Å². The highest BCUT2D eigenvalue weighted by molar-refractivity contribution is 5.95. The van der Waals surface area contributed by atoms with Crippen molar-refractivity contribution in [2.24, 2.45) is 0 Å². The van der Waals surface area contributed by atoms with E-state index >= 15 is 0 Å². The molecule has 0 spiro atoms. The van der Waals surface area contributed by atoms with Crippen LogP contribution >= 0.6 is 0 Å². The molecule has 1 amide bonds. The predicted octanol–water partition coefficient (Wildman–Crippen LogP) is 2.17. The molecule has 1 aliphatic heterocycles. The van der Waals surface area contributed by atoms with Crippen LogP contribution in [0.3, 0.4) is 0 Å². The van der Waals surface area contributed by atoms with Crippen LogP contribution in [0.2, 0.25) is 0 Å². The molecule has 1 fully saturated rings. The Labute approximate surface area is 108 Å². The van der Waals surface area contributed by atoms with Crippen LogP contribution in [0.1, 0.15) is 23.4 Å². The molecule has 0 unspecified atom stereocenters. The number of halogens is 1. The van der Waals surface area contributed by atoms with Crippen LogP contribution in [-0.2, 0) is 0 Å². The highest BCUT2D eigenvalue weighted by atomic mass is 19.1. The minimum atomic E-state index is -0.611. The summed E-state index contributed by atoms with van der Waals surface area (Å²) in [4.78, 5) is 25.5. The van der Waals surface area contributed by atoms with Crippen LogP contribution in [0.25, 0.3) is 10.8 Å². The third-order valence-electron chi connectivity index (χ3n) is 3.33. The van der Waals surface area contributed by atoms with Gasteiger partial charge in [-0.15, -0.1) is 0 Å². The summed E-state index contributed by atoms with van der Waals surface area (Å²) in [5, 5.41) is 0.665. The Morgan fingerprint density at radius 3 is 2.68 bits per heavy atom. The smallest absolute Gasteiger partial charge is 0.344 e. The lowest BCUT2D eigenvalue weighted by Gasteiger charge is -2.13. The minimum absolute atomic E-state index is 0.0231. The van der Waals surface area contributed by atoms with Gasteiger partial charge >= 0.3 is 5.63 Å². The molecule has 0 radical (unpaired) electrons. The fourth-order valence-corrected chi connectivity index (χ4v) is 2.35. The lowest BCUT2D eigenvalue weighted by atomic mass is 10.1. The Morgan fingerprint density at radius 2 is 1.95 bits per heavy atom. The molecule has 0 aliphatic carbocycles. The van der Waals surface area contributed by atoms with E-state index in [2.05, 4.69) is 0 Å². The van der Waals surface area contributed by atoms with Crippen molar-refractivity contribution in [1.82, 2.24) is 4.90 Å². The zero-order valence-electron chi connectivity index (χ0n) is 10.2. The Kier molecular flexibility index (Phi) is 2.81. The van der Waals surface area contributed by atoms with Gasteiger partial charge in [0, 0.05) is 13.1 Å². The third-order valence-corrected chi connectivity index (χ3v) is 3.33. The van der Waals surface area contributed by atoms with Gasteiger partial charge in [-0.2, -0.15) is 0 Å². The van der Waals surface area contributed by atoms with Gasteiger partial charge in [0.25, 0.3) is 5.91 Å². The molecule has 1 saturated heterocycles. The molecule has 5 heteroatoms. The van der Waals surface area contributed by atoms with Gasteiger partial charge in [0.05, 0.1) is 5.39 Å². The first-order chi connectivity index (χ1) is 9.15. The molecule has 0 N–H and O–H groups in total. The maximum Gasteiger partial charge on any atom is 0.344 e. The van der Waals surface area contributed by atoms with Gasteiger partial charge in [0.1, 0.15) is 5.82 Å². The molecule has 2 aromatic rings. The summed E-state index contributed by atoms with van der Waals surface area (Å²) in [5.41, 5.74) is -0.611. The first-order valence-corrected chi connectivity index (χ1v) is 6.18. The normalized spacial score (nSPS) is 15.1. The molecule has 19 heavy (non-hydrogen) atoms. The standard InChI is InChI=1S/C14H12FNO3/c15-10-3-4-11-9(7-10)8-12(19-14(11)18)13(17)16-5-1-2-6-16/h3-4,7-8H,1-2,5-6H2. The van der Waals surface area contributed by atoms with Gasteiger partial charge in [-0.1, -0.05) is 0 Å². The molecule has 3 rings (SSSR count). The van der Waals surface area contributed by atoms with Crippen molar-refractivity contribution in [1.29, 1.82) is 0 Å². The largest absolute Gasteiger partial charge is 0.417 e. The van der Waals surface area contributed by atoms with E-state index in [1.165, 1.54) is 24.3 Å². The molecule has 4 nitrogen and oxygen atoms in total. The summed E-state index contributed by atoms with van der Waals surface area (Å²) < 4.78 is 18.2. The van der Waals surface area contributed by atoms with Gasteiger partial charge in [-0.05, 0) is 42.5 Å². The monoisotopic (exact) mass is 261 g/mol. The van der Waals surface area contributed by atoms with Crippen LogP contribution in [0.15, 0.2) is 33.5 Å². The SMILES string of the molecule is O=C(c1cc2cc(F)ccc2c(=O)o1)N1CCCC1. The van der Waals surface area contributed by atoms with Crippen LogP contribution in [0.4, 0.5) is 4.39 Å². The number of nitrogens with zero attached hydrogens (tertiary/aromatic N) is 1. The Morgan fingerprint density at radius 1 is 1.21 bits per heavy atom. The summed E-state index contributed by atoms with van der Waals surface area (Å²) >= 11 is 0. The molecule has 98 valence electrons. The maximum absolute atomic E-state index is 13.2. The lowest BCUT2D eigenvalue weighted by Crippen LogP contribution is -2.28. The fraction of sp³-hybridized carbons (Fsp3) is 0.286. The average molecular weight is 261 g/mol. The van der Waals surface area contributed by atoms with E-state index in [-0.39, 0.29) is 17.1 Å². The number of benzene rings is 1. The molecule has 1 aliphatic rings. The molecular formula is C14H12FNO3. The van der Waals surface area contributed by atoms with Gasteiger partial charge in [-0.3, -0.25) is 4.79 Å². The zero-order valence-corrected chi connectivity index (χ0v) is 10.2. The quantitative estimate of drug-likeness (QED) is 0.790. The fourth-order valence-electron chi connectivity index (χ4n) is 2.35. The van der Waals surface area contributed by atoms with E-state index in [1.54, 1.807) is 4.90 Å². The van der Waals surface area contributed by atoms with Gasteiger partial charge in [0.15, 0.2) is 5.76 Å². The number of fused-ring (bicyclic) bond motifs is 1. The van der Waals surface area contributed by atoms with Gasteiger partial charge in [0.2, 0.25) is 0 Å². The van der Waals surface area contributed by atoms with E-state index in [4.69, 9.17) is 4.42 Å². The van der Waals surface area contributed by atoms with Crippen molar-refractivity contribution in [2.75, 3.05) is 13.1 Å². The second-order valence-electron chi connectivity index (χ2n) is 4.63. The predicted molar refractivity (Wildman–Crippen MR) is 67.6 cm³/mol. The third kappa shape index (κ3) is 2.12. The molecule has 1 aromatic heterocycles. The number of carbonyl (C=O) groups excluding carboxylic acids is 1. The molecule has 0 saturated carbocycles. The van der Waals surface area contributed by atoms with Crippen molar-refractivity contribution in [3.63, 3.8) is 0 Å². The highest BCUT2D eigenvalue weighted by Gasteiger charge is 2.22. The summed E-state index contributed by atoms with van der Waals surface area (Å²) in [5.74, 6) is -0.775. The van der Waals surface area contributed by atoms with E-state index in [0.29, 0.717) is 18.5 Å². The second-order valence-corrected chi connectivity index (χ2v) is 4.63. The Balaban J connectivity index is 2.09. The summed E-state index contributed by atoms with van der Waals surface area (Å²) in [6.45, 7) is 1.34. The van der Waals surface area contributed by atoms with Crippen molar-refractivity contribution >= 4 is 16.7 Å². The van der Waals surface area contributed by atoms with Crippen LogP contribution in [0.5, 0.6) is 0 Å². The molecule has 1 aromatic carbocycles. The zero-order chi connectivity index (χ0) is 13.4. The Hall–Kier alpha value is -2.17. The van der Waals surface area contributed by atoms with E-state index in [9.17, 15) is 14.0 Å². The maximum atomic E-state index is 13.2. The number of carbonyl (C=O) groups is 1. The number of amides is 1. The van der Waals surface area contributed by atoms with Crippen molar-refractivity contribution < 1.29 is 13.6 Å². The summed E-state index contributed by atoms with van der Waals surface area (Å²) in [6, 6.07) is 5.22. The summed E-state index contributed by atoms with van der Waals surface area (Å²) in [6.07, 6.45) is 1.91. The van der Waals surface area contributed by atoms with Gasteiger partial charge < -0.3 is 9.32 Å². The first-order valence-electron chi connectivity index (χ1n) is 6.18. The number of hydrogen-bond donors (Lipinski definition) is 0. The van der Waals surface area contributed by atoms with Gasteiger partial charge in [-0.25, -0.2) is 9.18 Å². The number of likely N-dealkylation sites (tertiary alicyclic amines) is 1. The molecule has 0 atom stereocenters. The lowest BCUT2D eigenvalue weighted by molar-refractivity contribution is 0.0757. The minimum Gasteiger partial charge on any atom is -0.417 e. The molecular weight excluding hydrogens is 249 g/mol. The van der Waals surface area contributed by atoms with E-state index in [1.807, 2.05) is 0 Å². The number of rotatable bonds is 1. The molecule has 2 heterocycles. The number of hydrogen-bond acceptors (Lipinski definition) is 3. The van der Waals surface area contributed by atoms with Crippen molar-refractivity contribution in [2.45, 2.75) is 12.8 Å². The van der Waals surface area contributed by atoms with Crippen LogP contribution in [0, 0.1) is 5.82 Å². The second kappa shape index (κ2) is 4.50. The van der Waals surface area contributed by atoms with Crippen molar-refractivity contribution in [3.05, 3.63) is 46.3 Å². The topological polar surface area (TPSA) is 50.5 Å². The van der Waals surface area contributed by atoms with Crippen LogP contribution < -0.4 is 5.63 Å². The summed E-state index contributed by atoms with van der Waals surface area (Å²) in [7, 11) is 0. The average Bonchev–Trinajstić information content (AvgIpc) is 2.91. The Bertz CT molecular complexity index is 701. The van der Waals surface area contributed by atoms with E-state index in [0.717, 1.165) is 12.8 Å². The highest BCUT2D eigenvalue weighted by Crippen LogP contribution is 2.17.